The normalized spacial score (nSPS) is 12.3. The highest BCUT2D eigenvalue weighted by atomic mass is 127. The Balaban J connectivity index is 0. The average molecular weight is 264 g/mol. The van der Waals surface area contributed by atoms with Crippen LogP contribution in [0, 0.1) is 0 Å². The monoisotopic (exact) mass is 264 g/mol. The number of rotatable bonds is 2. The molecule has 0 fully saturated rings. The van der Waals surface area contributed by atoms with Crippen molar-refractivity contribution < 1.29 is 20.4 Å². The molecule has 0 amide bonds. The fourth-order valence-electron chi connectivity index (χ4n) is 0.0577. The van der Waals surface area contributed by atoms with Gasteiger partial charge in [0.2, 0.25) is 0 Å². The van der Waals surface area contributed by atoms with Crippen molar-refractivity contribution in [1.29, 1.82) is 0 Å². The molecular weight excluding hydrogens is 251 g/mol. The van der Waals surface area contributed by atoms with Crippen molar-refractivity contribution in [3.8, 4) is 0 Å². The minimum atomic E-state index is -0.954. The molecule has 0 bridgehead atoms. The van der Waals surface area contributed by atoms with Crippen LogP contribution in [0.25, 0.3) is 0 Å². The zero-order chi connectivity index (χ0) is 8.57. The van der Waals surface area contributed by atoms with Crippen LogP contribution >= 0.6 is 22.6 Å². The zero-order valence-electron chi connectivity index (χ0n) is 5.74. The molecule has 5 heteroatoms. The van der Waals surface area contributed by atoms with E-state index in [9.17, 15) is 0 Å². The molecule has 0 aromatic heterocycles. The lowest BCUT2D eigenvalue weighted by molar-refractivity contribution is 0.0450. The van der Waals surface area contributed by atoms with Gasteiger partial charge in [0.25, 0.3) is 0 Å². The second-order valence-corrected chi connectivity index (χ2v) is 3.40. The predicted octanol–water partition coefficient (Wildman–Crippen LogP) is -0.908. The molecule has 1 atom stereocenters. The SMILES string of the molecule is CC(O)I.OCC(O)CO. The summed E-state index contributed by atoms with van der Waals surface area (Å²) in [7, 11) is 0. The van der Waals surface area contributed by atoms with Crippen molar-refractivity contribution in [1.82, 2.24) is 0 Å². The molecule has 0 radical (unpaired) electrons. The molecular formula is C5H13IO4. The summed E-state index contributed by atoms with van der Waals surface area (Å²) < 4.78 is -0.197. The van der Waals surface area contributed by atoms with Gasteiger partial charge in [0.05, 0.1) is 13.2 Å². The summed E-state index contributed by atoms with van der Waals surface area (Å²) in [5.74, 6) is 0. The van der Waals surface area contributed by atoms with Gasteiger partial charge in [-0.25, -0.2) is 0 Å². The molecule has 0 saturated heterocycles. The summed E-state index contributed by atoms with van der Waals surface area (Å²) in [6.07, 6.45) is -0.954. The number of alkyl halides is 1. The molecule has 0 aromatic carbocycles. The molecule has 0 spiro atoms. The van der Waals surface area contributed by atoms with Crippen LogP contribution in [0.15, 0.2) is 0 Å². The highest BCUT2D eigenvalue weighted by Gasteiger charge is 1.93. The van der Waals surface area contributed by atoms with Crippen molar-refractivity contribution in [2.75, 3.05) is 13.2 Å². The number of hydrogen-bond acceptors (Lipinski definition) is 4. The van der Waals surface area contributed by atoms with E-state index in [2.05, 4.69) is 0 Å². The fraction of sp³-hybridized carbons (Fsp3) is 1.00. The first-order chi connectivity index (χ1) is 4.54. The third-order valence-corrected chi connectivity index (χ3v) is 0.421. The Morgan fingerprint density at radius 3 is 1.40 bits per heavy atom. The molecule has 64 valence electrons. The van der Waals surface area contributed by atoms with Gasteiger partial charge in [-0.2, -0.15) is 0 Å². The highest BCUT2D eigenvalue weighted by Crippen LogP contribution is 1.86. The average Bonchev–Trinajstić information content (AvgIpc) is 1.85. The summed E-state index contributed by atoms with van der Waals surface area (Å²) in [4.78, 5) is 0. The third kappa shape index (κ3) is 23.5. The quantitative estimate of drug-likeness (QED) is 0.384. The Labute approximate surface area is 73.6 Å². The first-order valence-electron chi connectivity index (χ1n) is 2.76. The molecule has 1 unspecified atom stereocenters. The van der Waals surface area contributed by atoms with E-state index < -0.39 is 6.10 Å². The van der Waals surface area contributed by atoms with E-state index in [-0.39, 0.29) is 17.3 Å². The minimum absolute atomic E-state index is 0.197. The van der Waals surface area contributed by atoms with Gasteiger partial charge in [-0.15, -0.1) is 0 Å². The molecule has 4 N–H and O–H groups in total. The van der Waals surface area contributed by atoms with E-state index in [0.717, 1.165) is 0 Å². The van der Waals surface area contributed by atoms with Crippen LogP contribution in [0.3, 0.4) is 0 Å². The molecule has 10 heavy (non-hydrogen) atoms. The lowest BCUT2D eigenvalue weighted by atomic mass is 10.4. The zero-order valence-corrected chi connectivity index (χ0v) is 7.89. The van der Waals surface area contributed by atoms with E-state index in [0.29, 0.717) is 0 Å². The van der Waals surface area contributed by atoms with Crippen LogP contribution in [0.4, 0.5) is 0 Å². The number of halogens is 1. The first-order valence-corrected chi connectivity index (χ1v) is 4.01. The summed E-state index contributed by atoms with van der Waals surface area (Å²) in [5, 5.41) is 32.1. The Bertz CT molecular complexity index is 52.9. The van der Waals surface area contributed by atoms with Gasteiger partial charge in [-0.1, -0.05) is 22.6 Å². The van der Waals surface area contributed by atoms with E-state index in [1.54, 1.807) is 6.92 Å². The van der Waals surface area contributed by atoms with Gasteiger partial charge >= 0.3 is 0 Å². The number of aliphatic hydroxyl groups excluding tert-OH is 4. The standard InChI is InChI=1S/C3H8O3.C2H5IO/c4-1-3(6)2-5;1-2(3)4/h3-6H,1-2H2;2,4H,1H3. The number of hydrogen-bond donors (Lipinski definition) is 4. The highest BCUT2D eigenvalue weighted by molar-refractivity contribution is 14.1. The van der Waals surface area contributed by atoms with E-state index in [1.807, 2.05) is 22.6 Å². The second-order valence-electron chi connectivity index (χ2n) is 1.59. The largest absolute Gasteiger partial charge is 0.394 e. The maximum absolute atomic E-state index is 8.17. The molecule has 0 aromatic rings. The maximum Gasteiger partial charge on any atom is 0.102 e. The third-order valence-electron chi connectivity index (χ3n) is 0.421. The van der Waals surface area contributed by atoms with Gasteiger partial charge in [0.15, 0.2) is 0 Å². The van der Waals surface area contributed by atoms with Crippen LogP contribution in [0.1, 0.15) is 6.92 Å². The molecule has 0 heterocycles. The Kier molecular flexibility index (Phi) is 12.6. The molecule has 0 aliphatic rings. The molecule has 0 saturated carbocycles. The van der Waals surface area contributed by atoms with Crippen LogP contribution in [0.5, 0.6) is 0 Å². The van der Waals surface area contributed by atoms with Gasteiger partial charge in [-0.3, -0.25) is 0 Å². The molecule has 0 aliphatic carbocycles. The fourth-order valence-corrected chi connectivity index (χ4v) is 0.0577. The van der Waals surface area contributed by atoms with Crippen molar-refractivity contribution in [3.63, 3.8) is 0 Å². The van der Waals surface area contributed by atoms with Crippen LogP contribution in [0.2, 0.25) is 0 Å². The number of aliphatic hydroxyl groups is 4. The Morgan fingerprint density at radius 1 is 1.20 bits per heavy atom. The van der Waals surface area contributed by atoms with Gasteiger partial charge < -0.3 is 20.4 Å². The van der Waals surface area contributed by atoms with Crippen LogP contribution in [-0.4, -0.2) is 43.9 Å². The lowest BCUT2D eigenvalue weighted by Gasteiger charge is -1.96. The van der Waals surface area contributed by atoms with Crippen molar-refractivity contribution in [2.45, 2.75) is 17.1 Å². The molecule has 0 aliphatic heterocycles. The summed E-state index contributed by atoms with van der Waals surface area (Å²) >= 11 is 1.90. The van der Waals surface area contributed by atoms with E-state index in [1.165, 1.54) is 0 Å². The topological polar surface area (TPSA) is 80.9 Å². The molecule has 0 rings (SSSR count). The maximum atomic E-state index is 8.17. The summed E-state index contributed by atoms with van der Waals surface area (Å²) in [6, 6.07) is 0. The van der Waals surface area contributed by atoms with Gasteiger partial charge in [0, 0.05) is 0 Å². The molecule has 4 nitrogen and oxygen atoms in total. The second kappa shape index (κ2) is 9.57. The van der Waals surface area contributed by atoms with E-state index >= 15 is 0 Å². The first kappa shape index (κ1) is 13.2. The lowest BCUT2D eigenvalue weighted by Crippen LogP contribution is -2.15. The van der Waals surface area contributed by atoms with Crippen LogP contribution < -0.4 is 0 Å². The van der Waals surface area contributed by atoms with Crippen molar-refractivity contribution >= 4 is 22.6 Å². The predicted molar refractivity (Wildman–Crippen MR) is 45.9 cm³/mol. The summed E-state index contributed by atoms with van der Waals surface area (Å²) in [5.41, 5.74) is 0. The Morgan fingerprint density at radius 2 is 1.40 bits per heavy atom. The minimum Gasteiger partial charge on any atom is -0.394 e. The Hall–Kier alpha value is 0.570. The van der Waals surface area contributed by atoms with Gasteiger partial charge in [-0.05, 0) is 6.92 Å². The smallest absolute Gasteiger partial charge is 0.102 e. The summed E-state index contributed by atoms with van der Waals surface area (Å²) in [6.45, 7) is 0.980. The van der Waals surface area contributed by atoms with Gasteiger partial charge in [0.1, 0.15) is 10.2 Å². The van der Waals surface area contributed by atoms with Crippen LogP contribution in [-0.2, 0) is 0 Å². The van der Waals surface area contributed by atoms with E-state index in [4.69, 9.17) is 20.4 Å². The van der Waals surface area contributed by atoms with Crippen molar-refractivity contribution in [3.05, 3.63) is 0 Å². The van der Waals surface area contributed by atoms with Crippen molar-refractivity contribution in [2.24, 2.45) is 0 Å².